The molecule has 1 N–H and O–H groups in total. The first-order valence-electron chi connectivity index (χ1n) is 20.7. The maximum Gasteiger partial charge on any atom is 0.264 e. The first kappa shape index (κ1) is 40.7. The molecule has 302 valence electrons. The van der Waals surface area contributed by atoms with E-state index in [1.54, 1.807) is 7.11 Å². The summed E-state index contributed by atoms with van der Waals surface area (Å²) in [6, 6.07) is 22.0. The third-order valence-electron chi connectivity index (χ3n) is 13.2. The summed E-state index contributed by atoms with van der Waals surface area (Å²) in [5.74, 6) is 0.334. The second-order valence-corrected chi connectivity index (χ2v) is 22.0. The number of rotatable bonds is 12. The third kappa shape index (κ3) is 7.52. The molecule has 0 saturated carbocycles. The SMILES string of the molecule is COc1ccc([Si](C)(C)[C@H]2[C@H](CC(=O)N3Cc4ccccc4C[C@H]3CO)O[C@@]3(C(=O)N(C/C=C(\C)CCC=C(C)C)c4ccc(N5CCCC5=O)cc43)[C@@H]2C)cc1. The van der Waals surface area contributed by atoms with E-state index in [4.69, 9.17) is 9.47 Å². The molecule has 0 radical (unpaired) electrons. The molecule has 4 heterocycles. The number of carbonyl (C=O) groups excluding carboxylic acids is 3. The van der Waals surface area contributed by atoms with Gasteiger partial charge in [-0.1, -0.05) is 84.9 Å². The molecule has 2 saturated heterocycles. The van der Waals surface area contributed by atoms with Gasteiger partial charge in [-0.15, -0.1) is 0 Å². The average molecular weight is 790 g/mol. The highest BCUT2D eigenvalue weighted by molar-refractivity contribution is 6.91. The second kappa shape index (κ2) is 16.4. The molecule has 9 nitrogen and oxygen atoms in total. The zero-order chi connectivity index (χ0) is 40.6. The summed E-state index contributed by atoms with van der Waals surface area (Å²) in [5.41, 5.74) is 5.55. The average Bonchev–Trinajstić information content (AvgIpc) is 3.84. The van der Waals surface area contributed by atoms with E-state index in [1.165, 1.54) is 16.3 Å². The maximum absolute atomic E-state index is 15.4. The van der Waals surface area contributed by atoms with Gasteiger partial charge in [-0.3, -0.25) is 14.4 Å². The number of nitrogens with zero attached hydrogens (tertiary/aromatic N) is 3. The molecule has 1 spiro atoms. The van der Waals surface area contributed by atoms with Gasteiger partial charge in [-0.05, 0) is 93.5 Å². The topological polar surface area (TPSA) is 99.6 Å². The van der Waals surface area contributed by atoms with Gasteiger partial charge in [0.2, 0.25) is 11.8 Å². The minimum atomic E-state index is -2.54. The van der Waals surface area contributed by atoms with E-state index in [1.807, 2.05) is 57.2 Å². The van der Waals surface area contributed by atoms with Crippen molar-refractivity contribution in [3.05, 3.63) is 107 Å². The van der Waals surface area contributed by atoms with Crippen molar-refractivity contribution in [1.82, 2.24) is 4.90 Å². The quantitative estimate of drug-likeness (QED) is 0.152. The van der Waals surface area contributed by atoms with Crippen LogP contribution in [0.2, 0.25) is 18.6 Å². The number of fused-ring (bicyclic) bond motifs is 3. The van der Waals surface area contributed by atoms with Crippen LogP contribution >= 0.6 is 0 Å². The lowest BCUT2D eigenvalue weighted by molar-refractivity contribution is -0.150. The molecule has 0 bridgehead atoms. The van der Waals surface area contributed by atoms with E-state index in [0.717, 1.165) is 53.1 Å². The van der Waals surface area contributed by atoms with E-state index in [2.05, 4.69) is 77.2 Å². The number of hydrogen-bond donors (Lipinski definition) is 1. The highest BCUT2D eigenvalue weighted by Crippen LogP contribution is 2.60. The van der Waals surface area contributed by atoms with Crippen molar-refractivity contribution in [2.24, 2.45) is 5.92 Å². The Morgan fingerprint density at radius 2 is 1.75 bits per heavy atom. The fourth-order valence-electron chi connectivity index (χ4n) is 10.0. The zero-order valence-corrected chi connectivity index (χ0v) is 35.7. The van der Waals surface area contributed by atoms with Crippen LogP contribution in [0.25, 0.3) is 0 Å². The number of amides is 3. The van der Waals surface area contributed by atoms with Crippen LogP contribution in [0.3, 0.4) is 0 Å². The molecular formula is C47H59N3O6Si. The predicted octanol–water partition coefficient (Wildman–Crippen LogP) is 7.41. The van der Waals surface area contributed by atoms with Crippen molar-refractivity contribution in [2.75, 3.05) is 36.6 Å². The number of benzene rings is 3. The first-order valence-corrected chi connectivity index (χ1v) is 23.7. The monoisotopic (exact) mass is 789 g/mol. The van der Waals surface area contributed by atoms with Crippen LogP contribution in [-0.2, 0) is 37.7 Å². The van der Waals surface area contributed by atoms with Gasteiger partial charge in [0.1, 0.15) is 5.75 Å². The Hall–Kier alpha value is -4.51. The van der Waals surface area contributed by atoms with Crippen LogP contribution < -0.4 is 19.7 Å². The minimum Gasteiger partial charge on any atom is -0.497 e. The Balaban J connectivity index is 1.31. The van der Waals surface area contributed by atoms with E-state index < -0.39 is 19.8 Å². The number of carbonyl (C=O) groups is 3. The molecule has 3 amide bonds. The normalized spacial score (nSPS) is 24.6. The third-order valence-corrected chi connectivity index (χ3v) is 17.5. The van der Waals surface area contributed by atoms with Crippen LogP contribution in [0.15, 0.2) is 90.0 Å². The van der Waals surface area contributed by atoms with Crippen LogP contribution in [-0.4, -0.2) is 74.8 Å². The summed E-state index contributed by atoms with van der Waals surface area (Å²) < 4.78 is 12.9. The summed E-state index contributed by atoms with van der Waals surface area (Å²) in [6.45, 7) is 14.4. The van der Waals surface area contributed by atoms with Crippen molar-refractivity contribution in [3.63, 3.8) is 0 Å². The maximum atomic E-state index is 15.4. The molecule has 0 aromatic heterocycles. The number of hydrogen-bond acceptors (Lipinski definition) is 6. The Kier molecular flexibility index (Phi) is 11.7. The molecule has 0 aliphatic carbocycles. The van der Waals surface area contributed by atoms with Crippen molar-refractivity contribution in [3.8, 4) is 5.75 Å². The van der Waals surface area contributed by atoms with Crippen molar-refractivity contribution >= 4 is 42.4 Å². The van der Waals surface area contributed by atoms with Gasteiger partial charge in [0, 0.05) is 43.2 Å². The summed E-state index contributed by atoms with van der Waals surface area (Å²) >= 11 is 0. The standard InChI is InChI=1S/C47H59N3O6Si/c1-31(2)12-10-13-32(3)23-25-49-41-22-17-36(48-24-11-16-43(48)52)27-40(41)47(46(49)54)33(4)45(57(6,7)39-20-18-38(55-5)19-21-39)42(56-47)28-44(53)50-29-35-15-9-8-14-34(35)26-37(50)30-51/h8-9,12,14-15,17-23,27,33,37,42,45,51H,10-11,13,16,24-26,28-30H2,1-7H3/b32-23+/t33-,37+,42+,45-,47+/m1/s1. The molecule has 0 unspecified atom stereocenters. The minimum absolute atomic E-state index is 0.0800. The summed E-state index contributed by atoms with van der Waals surface area (Å²) in [4.78, 5) is 48.7. The molecule has 2 fully saturated rings. The van der Waals surface area contributed by atoms with Gasteiger partial charge in [0.15, 0.2) is 5.60 Å². The Labute approximate surface area is 339 Å². The molecule has 3 aromatic rings. The van der Waals surface area contributed by atoms with Gasteiger partial charge in [-0.25, -0.2) is 0 Å². The Bertz CT molecular complexity index is 2070. The Morgan fingerprint density at radius 1 is 1.02 bits per heavy atom. The van der Waals surface area contributed by atoms with Gasteiger partial charge in [0.25, 0.3) is 5.91 Å². The summed E-state index contributed by atoms with van der Waals surface area (Å²) in [6.07, 6.45) is 7.60. The first-order chi connectivity index (χ1) is 27.3. The predicted molar refractivity (Wildman–Crippen MR) is 229 cm³/mol. The van der Waals surface area contributed by atoms with Gasteiger partial charge >= 0.3 is 0 Å². The molecule has 7 rings (SSSR count). The highest BCUT2D eigenvalue weighted by atomic mass is 28.3. The molecule has 4 aliphatic heterocycles. The number of methoxy groups -OCH3 is 1. The van der Waals surface area contributed by atoms with Crippen LogP contribution in [0, 0.1) is 5.92 Å². The smallest absolute Gasteiger partial charge is 0.264 e. The van der Waals surface area contributed by atoms with Crippen LogP contribution in [0.5, 0.6) is 5.75 Å². The Morgan fingerprint density at radius 3 is 2.42 bits per heavy atom. The van der Waals surface area contributed by atoms with Gasteiger partial charge in [0.05, 0.1) is 46.0 Å². The molecule has 10 heteroatoms. The van der Waals surface area contributed by atoms with E-state index in [9.17, 15) is 14.7 Å². The molecule has 4 aliphatic rings. The number of allylic oxidation sites excluding steroid dienone is 3. The molecule has 3 aromatic carbocycles. The second-order valence-electron chi connectivity index (χ2n) is 17.3. The van der Waals surface area contributed by atoms with Crippen molar-refractivity contribution in [1.29, 1.82) is 0 Å². The largest absolute Gasteiger partial charge is 0.497 e. The summed E-state index contributed by atoms with van der Waals surface area (Å²) in [7, 11) is -0.878. The van der Waals surface area contributed by atoms with Crippen LogP contribution in [0.1, 0.15) is 76.5 Å². The number of anilines is 2. The van der Waals surface area contributed by atoms with E-state index >= 15 is 4.79 Å². The molecular weight excluding hydrogens is 731 g/mol. The lowest BCUT2D eigenvalue weighted by Gasteiger charge is -2.39. The number of aliphatic hydroxyl groups excluding tert-OH is 1. The molecule has 57 heavy (non-hydrogen) atoms. The lowest BCUT2D eigenvalue weighted by atomic mass is 9.82. The van der Waals surface area contributed by atoms with Crippen molar-refractivity contribution < 1.29 is 29.0 Å². The van der Waals surface area contributed by atoms with Crippen molar-refractivity contribution in [2.45, 2.75) is 109 Å². The highest BCUT2D eigenvalue weighted by Gasteiger charge is 2.66. The molecule has 5 atom stereocenters. The van der Waals surface area contributed by atoms with Crippen LogP contribution in [0.4, 0.5) is 11.4 Å². The number of ether oxygens (including phenoxy) is 2. The summed E-state index contributed by atoms with van der Waals surface area (Å²) in [5, 5.41) is 11.7. The lowest BCUT2D eigenvalue weighted by Crippen LogP contribution is -2.52. The fourth-order valence-corrected chi connectivity index (χ4v) is 14.1. The van der Waals surface area contributed by atoms with Gasteiger partial charge < -0.3 is 29.3 Å². The number of aliphatic hydroxyl groups is 1. The van der Waals surface area contributed by atoms with E-state index in [-0.39, 0.29) is 48.3 Å². The zero-order valence-electron chi connectivity index (χ0n) is 34.7. The van der Waals surface area contributed by atoms with Gasteiger partial charge in [-0.2, -0.15) is 0 Å². The fraction of sp³-hybridized carbons (Fsp3) is 0.468. The van der Waals surface area contributed by atoms with E-state index in [0.29, 0.717) is 32.5 Å².